The molecule has 2 N–H and O–H groups in total. The maximum Gasteiger partial charge on any atom is 0.342 e. The number of esters is 6. The summed E-state index contributed by atoms with van der Waals surface area (Å²) in [5.41, 5.74) is 2.62. The van der Waals surface area contributed by atoms with Crippen molar-refractivity contribution in [1.82, 2.24) is 0 Å². The van der Waals surface area contributed by atoms with Crippen LogP contribution in [0.5, 0.6) is 34.5 Å². The molecule has 23 heteroatoms. The maximum absolute atomic E-state index is 13.7. The lowest BCUT2D eigenvalue weighted by Gasteiger charge is -2.37. The van der Waals surface area contributed by atoms with Crippen LogP contribution < -0.4 is 28.4 Å². The first-order valence-electron chi connectivity index (χ1n) is 34.1. The number of fused-ring (bicyclic) bond motifs is 6. The first-order valence-corrected chi connectivity index (χ1v) is 40.3. The highest BCUT2D eigenvalue weighted by Crippen LogP contribution is 2.53. The lowest BCUT2D eigenvalue weighted by molar-refractivity contribution is -0.148. The molecule has 540 valence electrons. The zero-order valence-electron chi connectivity index (χ0n) is 59.1. The van der Waals surface area contributed by atoms with E-state index in [4.69, 9.17) is 61.0 Å². The van der Waals surface area contributed by atoms with Crippen LogP contribution >= 0.6 is 0 Å². The van der Waals surface area contributed by atoms with E-state index >= 15 is 0 Å². The number of methoxy groups -OCH3 is 4. The minimum Gasteiger partial charge on any atom is -0.497 e. The summed E-state index contributed by atoms with van der Waals surface area (Å²) in [5.74, 6) is -2.53. The van der Waals surface area contributed by atoms with Crippen molar-refractivity contribution in [2.24, 2.45) is 0 Å². The van der Waals surface area contributed by atoms with E-state index in [1.54, 1.807) is 50.6 Å². The number of hydrogen-bond acceptors (Lipinski definition) is 21. The molecule has 0 fully saturated rings. The molecule has 10 rings (SSSR count). The van der Waals surface area contributed by atoms with Gasteiger partial charge in [0.05, 0.1) is 91.7 Å². The van der Waals surface area contributed by atoms with E-state index in [0.717, 1.165) is 47.2 Å². The zero-order chi connectivity index (χ0) is 73.3. The van der Waals surface area contributed by atoms with Gasteiger partial charge >= 0.3 is 35.8 Å². The lowest BCUT2D eigenvalue weighted by atomic mass is 9.82. The van der Waals surface area contributed by atoms with Crippen molar-refractivity contribution in [3.63, 3.8) is 0 Å². The molecule has 21 nitrogen and oxygen atoms in total. The standard InChI is InChI=1S/C80H86O21Si2/c1-89-59-31-27-57(28-32-59)79(55-23-19-53(51-81)20-24-55)41-39-65-73(99-79)63-17-11-9-15-61(63)71(77(87)91-3)75(65)97-69(85)37-35-67(83)95-47-45-93-43-13-49-102(5,6)101-103(7,8)50-14-44-94-46-48-96-68(84)36-38-70(86)98-76-66-40-42-80(56-25-21-54(52-82)22-26-56,58-29-33-60(90-2)34-30-58)100-74(66)64-18-12-10-16-62(64)72(76)78(88)92-4/h9-12,15-34,39-42,81-82H,13-14,35-38,43-52H2,1-8H3. The third-order valence-electron chi connectivity index (χ3n) is 17.9. The van der Waals surface area contributed by atoms with Gasteiger partial charge in [-0.2, -0.15) is 0 Å². The van der Waals surface area contributed by atoms with E-state index in [0.29, 0.717) is 80.0 Å². The fraction of sp³-hybridized carbons (Fsp3) is 0.325. The Morgan fingerprint density at radius 2 is 0.757 bits per heavy atom. The molecule has 0 spiro atoms. The molecule has 0 saturated carbocycles. The summed E-state index contributed by atoms with van der Waals surface area (Å²) in [7, 11) is 1.42. The van der Waals surface area contributed by atoms with Crippen molar-refractivity contribution in [1.29, 1.82) is 0 Å². The van der Waals surface area contributed by atoms with E-state index in [-0.39, 0.29) is 88.0 Å². The van der Waals surface area contributed by atoms with Gasteiger partial charge in [-0.1, -0.05) is 121 Å². The maximum atomic E-state index is 13.7. The summed E-state index contributed by atoms with van der Waals surface area (Å²) in [6.07, 6.45) is 7.32. The molecule has 2 heterocycles. The number of aliphatic hydroxyl groups is 2. The van der Waals surface area contributed by atoms with Gasteiger partial charge in [-0.3, -0.25) is 19.2 Å². The van der Waals surface area contributed by atoms with E-state index in [1.165, 1.54) is 14.2 Å². The first-order chi connectivity index (χ1) is 49.7. The summed E-state index contributed by atoms with van der Waals surface area (Å²) in [6.45, 7) is 9.55. The summed E-state index contributed by atoms with van der Waals surface area (Å²) >= 11 is 0. The number of rotatable bonds is 34. The Bertz CT molecular complexity index is 4040. The Kier molecular flexibility index (Phi) is 25.2. The smallest absolute Gasteiger partial charge is 0.342 e. The Balaban J connectivity index is 0.635. The van der Waals surface area contributed by atoms with Crippen LogP contribution in [-0.4, -0.2) is 131 Å². The predicted molar refractivity (Wildman–Crippen MR) is 390 cm³/mol. The van der Waals surface area contributed by atoms with E-state index in [1.807, 2.05) is 133 Å². The zero-order valence-corrected chi connectivity index (χ0v) is 61.1. The predicted octanol–water partition coefficient (Wildman–Crippen LogP) is 13.7. The molecule has 103 heavy (non-hydrogen) atoms. The molecule has 0 aliphatic carbocycles. The number of ether oxygens (including phenoxy) is 12. The van der Waals surface area contributed by atoms with Crippen molar-refractivity contribution in [3.05, 3.63) is 213 Å². The van der Waals surface area contributed by atoms with Crippen LogP contribution in [0.4, 0.5) is 0 Å². The largest absolute Gasteiger partial charge is 0.497 e. The third-order valence-corrected chi connectivity index (χ3v) is 25.5. The number of aliphatic hydroxyl groups excluding tert-OH is 2. The quantitative estimate of drug-likeness (QED) is 0.0125. The van der Waals surface area contributed by atoms with Gasteiger partial charge in [-0.15, -0.1) is 0 Å². The van der Waals surface area contributed by atoms with E-state index < -0.39 is 63.7 Å². The second-order valence-electron chi connectivity index (χ2n) is 25.9. The normalized spacial score (nSPS) is 15.2. The second kappa shape index (κ2) is 34.3. The molecule has 0 saturated heterocycles. The van der Waals surface area contributed by atoms with Crippen LogP contribution in [0.25, 0.3) is 33.7 Å². The average molecular weight is 1440 g/mol. The molecule has 0 aromatic heterocycles. The molecular weight excluding hydrogens is 1350 g/mol. The summed E-state index contributed by atoms with van der Waals surface area (Å²) in [4.78, 5) is 80.4. The van der Waals surface area contributed by atoms with Gasteiger partial charge in [0.2, 0.25) is 0 Å². The van der Waals surface area contributed by atoms with E-state index in [9.17, 15) is 39.0 Å². The van der Waals surface area contributed by atoms with Crippen LogP contribution in [0, 0.1) is 0 Å². The Morgan fingerprint density at radius 1 is 0.417 bits per heavy atom. The third kappa shape index (κ3) is 17.9. The Hall–Kier alpha value is -9.99. The fourth-order valence-electron chi connectivity index (χ4n) is 12.9. The van der Waals surface area contributed by atoms with Gasteiger partial charge in [-0.05, 0) is 111 Å². The van der Waals surface area contributed by atoms with Gasteiger partial charge in [-0.25, -0.2) is 9.59 Å². The number of benzene rings is 8. The van der Waals surface area contributed by atoms with E-state index in [2.05, 4.69) is 26.2 Å². The highest BCUT2D eigenvalue weighted by atomic mass is 28.4. The minimum absolute atomic E-state index is 0.0106. The fourth-order valence-corrected chi connectivity index (χ4v) is 21.6. The highest BCUT2D eigenvalue weighted by Gasteiger charge is 2.43. The van der Waals surface area contributed by atoms with Crippen molar-refractivity contribution >= 4 is 86.1 Å². The Morgan fingerprint density at radius 3 is 1.10 bits per heavy atom. The average Bonchev–Trinajstić information content (AvgIpc) is 0.729. The van der Waals surface area contributed by atoms with Gasteiger partial charge < -0.3 is 71.2 Å². The van der Waals surface area contributed by atoms with Crippen molar-refractivity contribution in [2.45, 2.75) is 101 Å². The lowest BCUT2D eigenvalue weighted by Crippen LogP contribution is -2.44. The molecule has 2 aliphatic heterocycles. The Labute approximate surface area is 600 Å². The van der Waals surface area contributed by atoms with Gasteiger partial charge in [0.15, 0.2) is 39.3 Å². The van der Waals surface area contributed by atoms with Crippen LogP contribution in [0.1, 0.15) is 104 Å². The molecule has 2 unspecified atom stereocenters. The molecule has 0 radical (unpaired) electrons. The topological polar surface area (TPSA) is 263 Å². The van der Waals surface area contributed by atoms with Gasteiger partial charge in [0.25, 0.3) is 0 Å². The SMILES string of the molecule is COC(=O)c1c(OC(=O)CCC(=O)OCCOCCC[Si](C)(C)O[Si](C)(C)CCCOCCOC(=O)CCC(=O)Oc2c3c(c4ccccc4c2C(=O)OC)OC(c2ccc(CO)cc2)(c2ccc(OC)cc2)C=C3)c2c(c3ccccc13)OC(c1ccc(CO)cc1)(c1ccc(OC)cc1)C=C2. The number of carbonyl (C=O) groups excluding carboxylic acids is 6. The van der Waals surface area contributed by atoms with Crippen molar-refractivity contribution in [3.8, 4) is 34.5 Å². The van der Waals surface area contributed by atoms with Crippen LogP contribution in [0.3, 0.4) is 0 Å². The highest BCUT2D eigenvalue weighted by molar-refractivity contribution is 6.84. The molecule has 0 amide bonds. The van der Waals surface area contributed by atoms with Gasteiger partial charge in [0, 0.05) is 57.0 Å². The molecule has 8 aromatic rings. The first kappa shape index (κ1) is 75.7. The molecule has 2 aliphatic rings. The van der Waals surface area contributed by atoms with Crippen molar-refractivity contribution in [2.75, 3.05) is 68.1 Å². The number of carbonyl (C=O) groups is 6. The van der Waals surface area contributed by atoms with Crippen molar-refractivity contribution < 1.29 is 99.9 Å². The minimum atomic E-state index is -2.11. The number of hydrogen-bond donors (Lipinski definition) is 2. The summed E-state index contributed by atoms with van der Waals surface area (Å²) < 4.78 is 76.9. The van der Waals surface area contributed by atoms with Gasteiger partial charge in [0.1, 0.15) is 47.3 Å². The summed E-state index contributed by atoms with van der Waals surface area (Å²) in [5, 5.41) is 21.6. The second-order valence-corrected chi connectivity index (χ2v) is 34.8. The van der Waals surface area contributed by atoms with Crippen LogP contribution in [-0.2, 0) is 76.1 Å². The van der Waals surface area contributed by atoms with Crippen LogP contribution in [0.2, 0.25) is 38.3 Å². The monoisotopic (exact) mass is 1440 g/mol. The molecule has 0 bridgehead atoms. The molecule has 8 aromatic carbocycles. The summed E-state index contributed by atoms with van der Waals surface area (Å²) in [6, 6.07) is 45.4. The molecular formula is C80H86O21Si2. The van der Waals surface area contributed by atoms with Crippen LogP contribution in [0.15, 0.2) is 158 Å². The molecule has 2 atom stereocenters.